The van der Waals surface area contributed by atoms with E-state index in [4.69, 9.17) is 6.42 Å². The van der Waals surface area contributed by atoms with Gasteiger partial charge in [0.2, 0.25) is 0 Å². The van der Waals surface area contributed by atoms with Gasteiger partial charge in [0.1, 0.15) is 0 Å². The second kappa shape index (κ2) is 20.6. The van der Waals surface area contributed by atoms with Crippen LogP contribution in [0.15, 0.2) is 12.3 Å². The lowest BCUT2D eigenvalue weighted by Crippen LogP contribution is -2.52. The number of rotatable bonds is 6. The number of aliphatic hydroxyl groups is 1. The van der Waals surface area contributed by atoms with Crippen molar-refractivity contribution in [2.24, 2.45) is 46.3 Å². The molecule has 0 aromatic carbocycles. The highest BCUT2D eigenvalue weighted by molar-refractivity contribution is 5.08. The molecule has 5 aliphatic rings. The van der Waals surface area contributed by atoms with Crippen molar-refractivity contribution < 1.29 is 5.11 Å². The summed E-state index contributed by atoms with van der Waals surface area (Å²) >= 11 is 0. The van der Waals surface area contributed by atoms with Crippen LogP contribution in [0.5, 0.6) is 0 Å². The highest BCUT2D eigenvalue weighted by atomic mass is 16.3. The molecule has 2 heteroatoms. The van der Waals surface area contributed by atoms with Gasteiger partial charge in [0.25, 0.3) is 0 Å². The molecule has 0 aliphatic heterocycles. The predicted octanol–water partition coefficient (Wildman–Crippen LogP) is 11.4. The molecule has 0 aromatic rings. The number of aliphatic hydroxyl groups excluding tert-OH is 1. The Balaban J connectivity index is 0.000000428. The molecule has 242 valence electrons. The molecule has 42 heavy (non-hydrogen) atoms. The summed E-state index contributed by atoms with van der Waals surface area (Å²) in [5.74, 6) is 8.79. The van der Waals surface area contributed by atoms with Gasteiger partial charge >= 0.3 is 0 Å². The van der Waals surface area contributed by atoms with E-state index in [2.05, 4.69) is 58.4 Å². The van der Waals surface area contributed by atoms with Crippen LogP contribution in [0.1, 0.15) is 157 Å². The van der Waals surface area contributed by atoms with E-state index in [1.165, 1.54) is 103 Å². The van der Waals surface area contributed by atoms with Gasteiger partial charge in [-0.3, -0.25) is 0 Å². The summed E-state index contributed by atoms with van der Waals surface area (Å²) in [6.45, 7) is 19.4. The van der Waals surface area contributed by atoms with Gasteiger partial charge in [0, 0.05) is 12.3 Å². The van der Waals surface area contributed by atoms with Crippen molar-refractivity contribution in [3.63, 3.8) is 0 Å². The Morgan fingerprint density at radius 3 is 1.98 bits per heavy atom. The molecule has 0 spiro atoms. The molecular formula is C40H71NO. The molecule has 2 nitrogen and oxygen atoms in total. The molecule has 7 unspecified atom stereocenters. The second-order valence-electron chi connectivity index (χ2n) is 14.1. The minimum Gasteiger partial charge on any atom is -0.513 e. The molecule has 0 saturated heterocycles. The van der Waals surface area contributed by atoms with Gasteiger partial charge in [0.05, 0.1) is 5.76 Å². The molecule has 0 heterocycles. The Hall–Kier alpha value is -1.38. The monoisotopic (exact) mass is 582 g/mol. The molecule has 5 rings (SSSR count). The van der Waals surface area contributed by atoms with Crippen molar-refractivity contribution in [2.75, 3.05) is 13.1 Å². The van der Waals surface area contributed by atoms with Crippen LogP contribution in [-0.4, -0.2) is 18.2 Å². The van der Waals surface area contributed by atoms with Crippen LogP contribution in [0.3, 0.4) is 0 Å². The fraction of sp³-hybridized carbons (Fsp3) is 0.850. The lowest BCUT2D eigenvalue weighted by Gasteiger charge is -2.60. The highest BCUT2D eigenvalue weighted by Crippen LogP contribution is 2.67. The molecule has 5 saturated carbocycles. The van der Waals surface area contributed by atoms with E-state index in [1.807, 2.05) is 13.8 Å². The number of hydrogen-bond donors (Lipinski definition) is 2. The third kappa shape index (κ3) is 10.4. The first-order valence-corrected chi connectivity index (χ1v) is 18.2. The Morgan fingerprint density at radius 1 is 0.810 bits per heavy atom. The zero-order valence-corrected chi connectivity index (χ0v) is 29.0. The second-order valence-corrected chi connectivity index (χ2v) is 14.1. The molecule has 0 amide bonds. The van der Waals surface area contributed by atoms with E-state index in [9.17, 15) is 5.11 Å². The third-order valence-corrected chi connectivity index (χ3v) is 12.1. The average Bonchev–Trinajstić information content (AvgIpc) is 3.36. The van der Waals surface area contributed by atoms with Gasteiger partial charge in [-0.25, -0.2) is 0 Å². The van der Waals surface area contributed by atoms with E-state index in [0.29, 0.717) is 22.5 Å². The lowest BCUT2D eigenvalue weighted by molar-refractivity contribution is -0.111. The van der Waals surface area contributed by atoms with Crippen LogP contribution in [-0.2, 0) is 0 Å². The van der Waals surface area contributed by atoms with E-state index in [0.717, 1.165) is 55.5 Å². The molecule has 0 aromatic heterocycles. The first kappa shape index (κ1) is 38.6. The first-order chi connectivity index (χ1) is 20.3. The maximum absolute atomic E-state index is 9.42. The van der Waals surface area contributed by atoms with Crippen LogP contribution in [0.4, 0.5) is 0 Å². The standard InChI is InChI=1S/C24H40O.C8H12.C4H11N.C2H6.C2H2/c1-17(25)7-6-9-19-11-13-21-20-12-10-18-8-4-5-15-23(18,2)22(20)14-16-24(19,21)3;1-2-8-6-4-3-5-7-8;1-3-5-4-2;2*1-2/h18-22,25H,1,4-16H2,2-3H3;1,8H,3-7H2;5H,3-4H2,1-2H3;1-2H3;1-2H. The maximum Gasteiger partial charge on any atom is 0.0851 e. The van der Waals surface area contributed by atoms with Gasteiger partial charge in [-0.05, 0) is 131 Å². The average molecular weight is 582 g/mol. The van der Waals surface area contributed by atoms with Crippen molar-refractivity contribution in [3.05, 3.63) is 12.3 Å². The first-order valence-electron chi connectivity index (χ1n) is 18.2. The van der Waals surface area contributed by atoms with Crippen LogP contribution in [0, 0.1) is 71.5 Å². The van der Waals surface area contributed by atoms with Crippen LogP contribution in [0.25, 0.3) is 0 Å². The molecule has 5 fully saturated rings. The SMILES string of the molecule is C#C.C#CC1CCCCC1.C=C(O)CCCC1CCC2C3CCC4CCCCC4(C)C3CCC12C.CC.CCNCC. The summed E-state index contributed by atoms with van der Waals surface area (Å²) in [6.07, 6.45) is 38.2. The number of allylic oxidation sites excluding steroid dienone is 1. The van der Waals surface area contributed by atoms with Crippen molar-refractivity contribution in [1.82, 2.24) is 5.32 Å². The van der Waals surface area contributed by atoms with Crippen LogP contribution < -0.4 is 5.32 Å². The number of terminal acetylenes is 2. The van der Waals surface area contributed by atoms with Gasteiger partial charge in [-0.15, -0.1) is 25.2 Å². The smallest absolute Gasteiger partial charge is 0.0851 e. The van der Waals surface area contributed by atoms with E-state index >= 15 is 0 Å². The number of nitrogens with one attached hydrogen (secondary N) is 1. The van der Waals surface area contributed by atoms with Gasteiger partial charge < -0.3 is 10.4 Å². The summed E-state index contributed by atoms with van der Waals surface area (Å²) < 4.78 is 0. The van der Waals surface area contributed by atoms with Crippen molar-refractivity contribution >= 4 is 0 Å². The summed E-state index contributed by atoms with van der Waals surface area (Å²) in [4.78, 5) is 0. The Labute approximate surface area is 264 Å². The van der Waals surface area contributed by atoms with Gasteiger partial charge in [-0.2, -0.15) is 0 Å². The molecule has 7 atom stereocenters. The fourth-order valence-corrected chi connectivity index (χ4v) is 9.95. The van der Waals surface area contributed by atoms with Crippen LogP contribution >= 0.6 is 0 Å². The topological polar surface area (TPSA) is 32.3 Å². The minimum atomic E-state index is 0.381. The summed E-state index contributed by atoms with van der Waals surface area (Å²) in [7, 11) is 0. The normalized spacial score (nSPS) is 34.7. The number of hydrogen-bond acceptors (Lipinski definition) is 2. The maximum atomic E-state index is 9.42. The number of fused-ring (bicyclic) bond motifs is 5. The molecule has 2 N–H and O–H groups in total. The zero-order valence-electron chi connectivity index (χ0n) is 29.0. The molecule has 0 bridgehead atoms. The lowest BCUT2D eigenvalue weighted by atomic mass is 9.45. The molecule has 0 radical (unpaired) electrons. The van der Waals surface area contributed by atoms with E-state index in [1.54, 1.807) is 0 Å². The predicted molar refractivity (Wildman–Crippen MR) is 186 cm³/mol. The third-order valence-electron chi connectivity index (χ3n) is 12.1. The van der Waals surface area contributed by atoms with Crippen molar-refractivity contribution in [2.45, 2.75) is 157 Å². The van der Waals surface area contributed by atoms with Gasteiger partial charge in [-0.1, -0.05) is 80.2 Å². The molecular weight excluding hydrogens is 510 g/mol. The Bertz CT molecular complexity index is 785. The largest absolute Gasteiger partial charge is 0.513 e. The summed E-state index contributed by atoms with van der Waals surface area (Å²) in [5.41, 5.74) is 1.27. The van der Waals surface area contributed by atoms with Crippen LogP contribution in [0.2, 0.25) is 0 Å². The summed E-state index contributed by atoms with van der Waals surface area (Å²) in [5, 5.41) is 12.5. The van der Waals surface area contributed by atoms with Crippen molar-refractivity contribution in [1.29, 1.82) is 0 Å². The zero-order chi connectivity index (χ0) is 31.6. The summed E-state index contributed by atoms with van der Waals surface area (Å²) in [6, 6.07) is 0. The minimum absolute atomic E-state index is 0.381. The van der Waals surface area contributed by atoms with E-state index < -0.39 is 0 Å². The highest BCUT2D eigenvalue weighted by Gasteiger charge is 2.59. The van der Waals surface area contributed by atoms with E-state index in [-0.39, 0.29) is 0 Å². The quantitative estimate of drug-likeness (QED) is 0.241. The molecule has 5 aliphatic carbocycles. The fourth-order valence-electron chi connectivity index (χ4n) is 9.95. The van der Waals surface area contributed by atoms with Gasteiger partial charge in [0.15, 0.2) is 0 Å². The van der Waals surface area contributed by atoms with Crippen molar-refractivity contribution in [3.8, 4) is 25.2 Å². The Morgan fingerprint density at radius 2 is 1.43 bits per heavy atom. The Kier molecular flexibility index (Phi) is 18.9.